The summed E-state index contributed by atoms with van der Waals surface area (Å²) in [5.41, 5.74) is 1.08. The maximum atomic E-state index is 10.9. The number of rotatable bonds is 4. The van der Waals surface area contributed by atoms with Crippen molar-refractivity contribution in [2.24, 2.45) is 0 Å². The van der Waals surface area contributed by atoms with Gasteiger partial charge in [0, 0.05) is 22.4 Å². The van der Waals surface area contributed by atoms with E-state index in [2.05, 4.69) is 20.3 Å². The molecule has 20 heavy (non-hydrogen) atoms. The molecule has 0 amide bonds. The van der Waals surface area contributed by atoms with E-state index in [1.165, 1.54) is 15.8 Å². The van der Waals surface area contributed by atoms with E-state index in [0.29, 0.717) is 17.7 Å². The summed E-state index contributed by atoms with van der Waals surface area (Å²) < 4.78 is 4.61. The van der Waals surface area contributed by atoms with Crippen molar-refractivity contribution in [2.45, 2.75) is 13.5 Å². The van der Waals surface area contributed by atoms with Gasteiger partial charge in [-0.25, -0.2) is 4.63 Å². The lowest BCUT2D eigenvalue weighted by Crippen LogP contribution is -1.99. The third kappa shape index (κ3) is 2.21. The lowest BCUT2D eigenvalue weighted by Gasteiger charge is -2.04. The van der Waals surface area contributed by atoms with Crippen LogP contribution in [0.25, 0.3) is 11.0 Å². The summed E-state index contributed by atoms with van der Waals surface area (Å²) in [5.74, 6) is 0. The van der Waals surface area contributed by atoms with Crippen LogP contribution in [0.1, 0.15) is 9.75 Å². The van der Waals surface area contributed by atoms with E-state index in [-0.39, 0.29) is 11.2 Å². The van der Waals surface area contributed by atoms with Crippen LogP contribution in [0.15, 0.2) is 28.9 Å². The summed E-state index contributed by atoms with van der Waals surface area (Å²) in [4.78, 5) is 12.8. The molecule has 8 heteroatoms. The minimum absolute atomic E-state index is 0.112. The molecule has 3 aromatic rings. The Hall–Kier alpha value is -2.48. The second kappa shape index (κ2) is 4.89. The van der Waals surface area contributed by atoms with Gasteiger partial charge in [0.1, 0.15) is 0 Å². The van der Waals surface area contributed by atoms with Crippen LogP contribution in [0, 0.1) is 17.0 Å². The van der Waals surface area contributed by atoms with Gasteiger partial charge in [-0.05, 0) is 35.4 Å². The number of non-ortho nitro benzene ring substituents is 1. The zero-order valence-electron chi connectivity index (χ0n) is 10.5. The van der Waals surface area contributed by atoms with Gasteiger partial charge in [0.2, 0.25) is 5.52 Å². The van der Waals surface area contributed by atoms with Crippen LogP contribution in [0.4, 0.5) is 11.4 Å². The Morgan fingerprint density at radius 2 is 2.10 bits per heavy atom. The fourth-order valence-corrected chi connectivity index (χ4v) is 2.74. The molecule has 1 aromatic carbocycles. The van der Waals surface area contributed by atoms with Crippen molar-refractivity contribution in [2.75, 3.05) is 5.32 Å². The Morgan fingerprint density at radius 1 is 1.30 bits per heavy atom. The van der Waals surface area contributed by atoms with E-state index in [9.17, 15) is 10.1 Å². The van der Waals surface area contributed by atoms with E-state index in [0.717, 1.165) is 0 Å². The first kappa shape index (κ1) is 12.5. The SMILES string of the molecule is Cc1ccc(CNc2ccc([N+](=O)[O-])c3nonc23)s1. The van der Waals surface area contributed by atoms with Crippen LogP contribution in [0.2, 0.25) is 0 Å². The number of fused-ring (bicyclic) bond motifs is 1. The van der Waals surface area contributed by atoms with E-state index in [1.807, 2.05) is 19.1 Å². The summed E-state index contributed by atoms with van der Waals surface area (Å²) in [5, 5.41) is 21.4. The fourth-order valence-electron chi connectivity index (χ4n) is 1.91. The van der Waals surface area contributed by atoms with Crippen molar-refractivity contribution in [1.29, 1.82) is 0 Å². The van der Waals surface area contributed by atoms with Crippen molar-refractivity contribution in [3.63, 3.8) is 0 Å². The molecular formula is C12H10N4O3S. The highest BCUT2D eigenvalue weighted by atomic mass is 32.1. The van der Waals surface area contributed by atoms with E-state index < -0.39 is 4.92 Å². The van der Waals surface area contributed by atoms with Crippen molar-refractivity contribution >= 4 is 33.7 Å². The summed E-state index contributed by atoms with van der Waals surface area (Å²) in [7, 11) is 0. The summed E-state index contributed by atoms with van der Waals surface area (Å²) >= 11 is 1.69. The zero-order valence-corrected chi connectivity index (χ0v) is 11.3. The molecular weight excluding hydrogens is 280 g/mol. The van der Waals surface area contributed by atoms with E-state index in [1.54, 1.807) is 17.4 Å². The molecule has 1 N–H and O–H groups in total. The highest BCUT2D eigenvalue weighted by Gasteiger charge is 2.19. The second-order valence-corrected chi connectivity index (χ2v) is 5.59. The number of nitro groups is 1. The largest absolute Gasteiger partial charge is 0.378 e. The van der Waals surface area contributed by atoms with Gasteiger partial charge in [0.25, 0.3) is 0 Å². The molecule has 2 aromatic heterocycles. The van der Waals surface area contributed by atoms with Crippen molar-refractivity contribution in [1.82, 2.24) is 10.3 Å². The van der Waals surface area contributed by atoms with Crippen molar-refractivity contribution in [3.05, 3.63) is 44.1 Å². The van der Waals surface area contributed by atoms with Gasteiger partial charge in [0.05, 0.1) is 10.6 Å². The zero-order chi connectivity index (χ0) is 14.1. The van der Waals surface area contributed by atoms with Gasteiger partial charge < -0.3 is 5.32 Å². The van der Waals surface area contributed by atoms with Crippen LogP contribution < -0.4 is 5.32 Å². The molecule has 7 nitrogen and oxygen atoms in total. The minimum atomic E-state index is -0.501. The Morgan fingerprint density at radius 3 is 2.80 bits per heavy atom. The molecule has 0 saturated carbocycles. The Balaban J connectivity index is 1.90. The number of nitrogens with one attached hydrogen (secondary N) is 1. The Kier molecular flexibility index (Phi) is 3.07. The van der Waals surface area contributed by atoms with E-state index >= 15 is 0 Å². The third-order valence-electron chi connectivity index (χ3n) is 2.84. The first-order valence-electron chi connectivity index (χ1n) is 5.84. The number of aromatic nitrogens is 2. The molecule has 0 aliphatic carbocycles. The van der Waals surface area contributed by atoms with Crippen LogP contribution in [-0.2, 0) is 6.54 Å². The first-order valence-corrected chi connectivity index (χ1v) is 6.65. The van der Waals surface area contributed by atoms with Gasteiger partial charge in [-0.15, -0.1) is 11.3 Å². The molecule has 3 rings (SSSR count). The maximum Gasteiger partial charge on any atom is 0.300 e. The number of hydrogen-bond donors (Lipinski definition) is 1. The number of aryl methyl sites for hydroxylation is 1. The Bertz CT molecular complexity index is 780. The van der Waals surface area contributed by atoms with Crippen LogP contribution in [-0.4, -0.2) is 15.2 Å². The summed E-state index contributed by atoms with van der Waals surface area (Å²) in [6, 6.07) is 7.10. The normalized spacial score (nSPS) is 10.8. The molecule has 0 atom stereocenters. The maximum absolute atomic E-state index is 10.9. The van der Waals surface area contributed by atoms with Crippen LogP contribution >= 0.6 is 11.3 Å². The number of nitro benzene ring substituents is 1. The molecule has 0 spiro atoms. The molecule has 0 fully saturated rings. The van der Waals surface area contributed by atoms with Crippen molar-refractivity contribution < 1.29 is 9.55 Å². The van der Waals surface area contributed by atoms with Gasteiger partial charge in [-0.1, -0.05) is 0 Å². The van der Waals surface area contributed by atoms with Crippen LogP contribution in [0.3, 0.4) is 0 Å². The Labute approximate surface area is 117 Å². The fraction of sp³-hybridized carbons (Fsp3) is 0.167. The predicted molar refractivity (Wildman–Crippen MR) is 74.8 cm³/mol. The molecule has 0 saturated heterocycles. The number of hydrogen-bond acceptors (Lipinski definition) is 7. The third-order valence-corrected chi connectivity index (χ3v) is 3.84. The molecule has 0 aliphatic heterocycles. The predicted octanol–water partition coefficient (Wildman–Crippen LogP) is 3.11. The van der Waals surface area contributed by atoms with Gasteiger partial charge in [-0.2, -0.15) is 0 Å². The van der Waals surface area contributed by atoms with Crippen LogP contribution in [0.5, 0.6) is 0 Å². The average molecular weight is 290 g/mol. The lowest BCUT2D eigenvalue weighted by atomic mass is 10.2. The standard InChI is InChI=1S/C12H10N4O3S/c1-7-2-3-8(20-7)6-13-9-4-5-10(16(17)18)12-11(9)14-19-15-12/h2-5,13H,6H2,1H3. The summed E-state index contributed by atoms with van der Waals surface area (Å²) in [6.07, 6.45) is 0. The molecule has 2 heterocycles. The minimum Gasteiger partial charge on any atom is -0.378 e. The molecule has 0 bridgehead atoms. The quantitative estimate of drug-likeness (QED) is 0.586. The van der Waals surface area contributed by atoms with Gasteiger partial charge in [0.15, 0.2) is 5.52 Å². The molecule has 0 radical (unpaired) electrons. The highest BCUT2D eigenvalue weighted by Crippen LogP contribution is 2.29. The number of thiophene rings is 1. The van der Waals surface area contributed by atoms with E-state index in [4.69, 9.17) is 0 Å². The number of nitrogens with zero attached hydrogens (tertiary/aromatic N) is 3. The monoisotopic (exact) mass is 290 g/mol. The molecule has 102 valence electrons. The second-order valence-electron chi connectivity index (χ2n) is 4.22. The number of anilines is 1. The van der Waals surface area contributed by atoms with Crippen molar-refractivity contribution in [3.8, 4) is 0 Å². The number of benzene rings is 1. The van der Waals surface area contributed by atoms with Gasteiger partial charge in [-0.3, -0.25) is 10.1 Å². The summed E-state index contributed by atoms with van der Waals surface area (Å²) in [6.45, 7) is 2.66. The lowest BCUT2D eigenvalue weighted by molar-refractivity contribution is -0.383. The highest BCUT2D eigenvalue weighted by molar-refractivity contribution is 7.11. The van der Waals surface area contributed by atoms with Gasteiger partial charge >= 0.3 is 5.69 Å². The smallest absolute Gasteiger partial charge is 0.300 e. The topological polar surface area (TPSA) is 94.1 Å². The first-order chi connectivity index (χ1) is 9.65. The molecule has 0 aliphatic rings. The molecule has 0 unspecified atom stereocenters. The average Bonchev–Trinajstić information content (AvgIpc) is 3.04.